The van der Waals surface area contributed by atoms with Crippen LogP contribution in [0.4, 0.5) is 0 Å². The minimum atomic E-state index is -0.297. The van der Waals surface area contributed by atoms with E-state index in [0.717, 1.165) is 20.5 Å². The summed E-state index contributed by atoms with van der Waals surface area (Å²) >= 11 is 2.21. The predicted octanol–water partition coefficient (Wildman–Crippen LogP) is 5.20. The van der Waals surface area contributed by atoms with Gasteiger partial charge in [-0.2, -0.15) is 0 Å². The second-order valence-electron chi connectivity index (χ2n) is 4.97. The molecule has 3 nitrogen and oxygen atoms in total. The average molecular weight is 422 g/mol. The van der Waals surface area contributed by atoms with Gasteiger partial charge in [0.25, 0.3) is 0 Å². The number of carbonyl (C=O) groups excluding carboxylic acids is 1. The molecule has 2 aromatic rings. The molecule has 0 aliphatic carbocycles. The van der Waals surface area contributed by atoms with Gasteiger partial charge in [0.1, 0.15) is 6.61 Å². The molecular formula is C19H19IO3. The van der Waals surface area contributed by atoms with Crippen LogP contribution in [0.15, 0.2) is 58.4 Å². The van der Waals surface area contributed by atoms with Crippen LogP contribution in [-0.4, -0.2) is 12.6 Å². The molecule has 120 valence electrons. The Bertz CT molecular complexity index is 676. The molecule has 0 bridgehead atoms. The molecule has 0 aliphatic rings. The first-order valence-corrected chi connectivity index (χ1v) is 8.50. The number of carbonyl (C=O) groups is 1. The molecule has 0 atom stereocenters. The molecular weight excluding hydrogens is 403 g/mol. The minimum absolute atomic E-state index is 0.297. The van der Waals surface area contributed by atoms with Crippen LogP contribution in [0.1, 0.15) is 35.3 Å². The van der Waals surface area contributed by atoms with Crippen molar-refractivity contribution in [3.63, 3.8) is 0 Å². The van der Waals surface area contributed by atoms with Gasteiger partial charge in [0, 0.05) is 5.57 Å². The van der Waals surface area contributed by atoms with Crippen molar-refractivity contribution in [2.24, 2.45) is 0 Å². The number of halogens is 1. The summed E-state index contributed by atoms with van der Waals surface area (Å²) in [6.45, 7) is 4.68. The lowest BCUT2D eigenvalue weighted by Crippen LogP contribution is -2.04. The van der Waals surface area contributed by atoms with E-state index in [2.05, 4.69) is 34.7 Å². The predicted molar refractivity (Wildman–Crippen MR) is 100 cm³/mol. The van der Waals surface area contributed by atoms with E-state index in [0.29, 0.717) is 18.8 Å². The number of ether oxygens (including phenoxy) is 2. The van der Waals surface area contributed by atoms with Gasteiger partial charge in [-0.25, -0.2) is 4.79 Å². The SMILES string of the molecule is CCOC(=O)c1ccc(COC(I)=C(C)c2ccccc2)cc1. The molecule has 2 rings (SSSR count). The van der Waals surface area contributed by atoms with Crippen LogP contribution in [0.3, 0.4) is 0 Å². The molecule has 0 aliphatic heterocycles. The third kappa shape index (κ3) is 5.10. The number of hydrogen-bond acceptors (Lipinski definition) is 3. The van der Waals surface area contributed by atoms with E-state index in [-0.39, 0.29) is 5.97 Å². The Morgan fingerprint density at radius 3 is 2.22 bits per heavy atom. The Labute approximate surface area is 150 Å². The minimum Gasteiger partial charge on any atom is -0.483 e. The smallest absolute Gasteiger partial charge is 0.338 e. The maximum absolute atomic E-state index is 11.6. The number of benzene rings is 2. The zero-order valence-corrected chi connectivity index (χ0v) is 15.4. The number of rotatable bonds is 6. The molecule has 0 fully saturated rings. The van der Waals surface area contributed by atoms with Gasteiger partial charge in [-0.15, -0.1) is 0 Å². The quantitative estimate of drug-likeness (QED) is 0.365. The first-order chi connectivity index (χ1) is 11.1. The zero-order chi connectivity index (χ0) is 16.7. The molecule has 0 saturated carbocycles. The lowest BCUT2D eigenvalue weighted by Gasteiger charge is -2.10. The normalized spacial score (nSPS) is 11.6. The van der Waals surface area contributed by atoms with Gasteiger partial charge in [-0.1, -0.05) is 42.5 Å². The summed E-state index contributed by atoms with van der Waals surface area (Å²) in [5.74, 6) is -0.297. The fraction of sp³-hybridized carbons (Fsp3) is 0.211. The standard InChI is InChI=1S/C19H19IO3/c1-3-22-19(21)17-11-9-15(10-12-17)13-23-18(20)14(2)16-7-5-4-6-8-16/h4-12H,3,13H2,1-2H3. The van der Waals surface area contributed by atoms with Crippen molar-refractivity contribution in [3.05, 3.63) is 75.1 Å². The van der Waals surface area contributed by atoms with Gasteiger partial charge < -0.3 is 9.47 Å². The molecule has 0 heterocycles. The first-order valence-electron chi connectivity index (χ1n) is 7.42. The van der Waals surface area contributed by atoms with Gasteiger partial charge in [0.05, 0.1) is 12.2 Å². The summed E-state index contributed by atoms with van der Waals surface area (Å²) in [4.78, 5) is 11.6. The van der Waals surface area contributed by atoms with E-state index in [1.54, 1.807) is 19.1 Å². The van der Waals surface area contributed by atoms with Gasteiger partial charge in [0.15, 0.2) is 3.77 Å². The van der Waals surface area contributed by atoms with Crippen LogP contribution in [0.2, 0.25) is 0 Å². The number of esters is 1. The molecule has 2 aromatic carbocycles. The number of hydrogen-bond donors (Lipinski definition) is 0. The second kappa shape index (κ2) is 8.72. The highest BCUT2D eigenvalue weighted by Crippen LogP contribution is 2.24. The summed E-state index contributed by atoms with van der Waals surface area (Å²) in [6, 6.07) is 17.4. The summed E-state index contributed by atoms with van der Waals surface area (Å²) in [6.07, 6.45) is 0. The van der Waals surface area contributed by atoms with Gasteiger partial charge in [-0.05, 0) is 59.7 Å². The summed E-state index contributed by atoms with van der Waals surface area (Å²) < 4.78 is 11.7. The van der Waals surface area contributed by atoms with E-state index in [1.807, 2.05) is 37.3 Å². The fourth-order valence-corrected chi connectivity index (χ4v) is 2.48. The highest BCUT2D eigenvalue weighted by Gasteiger charge is 2.07. The van der Waals surface area contributed by atoms with Gasteiger partial charge in [-0.3, -0.25) is 0 Å². The molecule has 0 N–H and O–H groups in total. The van der Waals surface area contributed by atoms with Crippen molar-refractivity contribution < 1.29 is 14.3 Å². The molecule has 0 saturated heterocycles. The van der Waals surface area contributed by atoms with E-state index >= 15 is 0 Å². The van der Waals surface area contributed by atoms with Crippen molar-refractivity contribution in [2.75, 3.05) is 6.61 Å². The van der Waals surface area contributed by atoms with Gasteiger partial charge in [0.2, 0.25) is 0 Å². The summed E-state index contributed by atoms with van der Waals surface area (Å²) in [5, 5.41) is 0. The average Bonchev–Trinajstić information content (AvgIpc) is 2.60. The van der Waals surface area contributed by atoms with E-state index < -0.39 is 0 Å². The fourth-order valence-electron chi connectivity index (χ4n) is 2.01. The highest BCUT2D eigenvalue weighted by molar-refractivity contribution is 14.1. The Kier molecular flexibility index (Phi) is 6.65. The second-order valence-corrected chi connectivity index (χ2v) is 5.95. The molecule has 0 aromatic heterocycles. The molecule has 0 spiro atoms. The third-order valence-corrected chi connectivity index (χ3v) is 4.45. The van der Waals surface area contributed by atoms with Crippen molar-refractivity contribution in [1.82, 2.24) is 0 Å². The van der Waals surface area contributed by atoms with Gasteiger partial charge >= 0.3 is 5.97 Å². The molecule has 23 heavy (non-hydrogen) atoms. The topological polar surface area (TPSA) is 35.5 Å². The lowest BCUT2D eigenvalue weighted by atomic mass is 10.1. The van der Waals surface area contributed by atoms with Crippen LogP contribution in [0.25, 0.3) is 5.57 Å². The molecule has 0 unspecified atom stereocenters. The van der Waals surface area contributed by atoms with E-state index in [4.69, 9.17) is 9.47 Å². The van der Waals surface area contributed by atoms with Crippen molar-refractivity contribution in [3.8, 4) is 0 Å². The largest absolute Gasteiger partial charge is 0.483 e. The maximum Gasteiger partial charge on any atom is 0.338 e. The summed E-state index contributed by atoms with van der Waals surface area (Å²) in [7, 11) is 0. The van der Waals surface area contributed by atoms with Crippen LogP contribution < -0.4 is 0 Å². The van der Waals surface area contributed by atoms with Crippen LogP contribution in [-0.2, 0) is 16.1 Å². The van der Waals surface area contributed by atoms with E-state index in [9.17, 15) is 4.79 Å². The number of allylic oxidation sites excluding steroid dienone is 1. The third-order valence-electron chi connectivity index (χ3n) is 3.33. The van der Waals surface area contributed by atoms with Crippen LogP contribution in [0, 0.1) is 0 Å². The molecule has 4 heteroatoms. The highest BCUT2D eigenvalue weighted by atomic mass is 127. The Morgan fingerprint density at radius 2 is 1.61 bits per heavy atom. The first kappa shape index (κ1) is 17.5. The monoisotopic (exact) mass is 422 g/mol. The van der Waals surface area contributed by atoms with Crippen LogP contribution in [0.5, 0.6) is 0 Å². The van der Waals surface area contributed by atoms with Crippen LogP contribution >= 0.6 is 22.6 Å². The Morgan fingerprint density at radius 1 is 0.957 bits per heavy atom. The van der Waals surface area contributed by atoms with Crippen molar-refractivity contribution >= 4 is 34.1 Å². The van der Waals surface area contributed by atoms with Crippen molar-refractivity contribution in [2.45, 2.75) is 20.5 Å². The van der Waals surface area contributed by atoms with Crippen molar-refractivity contribution in [1.29, 1.82) is 0 Å². The lowest BCUT2D eigenvalue weighted by molar-refractivity contribution is 0.0526. The molecule has 0 radical (unpaired) electrons. The summed E-state index contributed by atoms with van der Waals surface area (Å²) in [5.41, 5.74) is 3.82. The zero-order valence-electron chi connectivity index (χ0n) is 13.2. The maximum atomic E-state index is 11.6. The Hall–Kier alpha value is -1.82. The van der Waals surface area contributed by atoms with E-state index in [1.165, 1.54) is 0 Å². The Balaban J connectivity index is 1.99. The molecule has 0 amide bonds.